The summed E-state index contributed by atoms with van der Waals surface area (Å²) in [4.78, 5) is 0. The minimum absolute atomic E-state index is 0.985. The first-order valence-electron chi connectivity index (χ1n) is 3.56. The van der Waals surface area contributed by atoms with Crippen LogP contribution in [0.1, 0.15) is 12.5 Å². The van der Waals surface area contributed by atoms with E-state index in [2.05, 4.69) is 15.9 Å². The molecular weight excluding hydrogens is 214 g/mol. The Morgan fingerprint density at radius 2 is 2.33 bits per heavy atom. The van der Waals surface area contributed by atoms with Crippen LogP contribution < -0.4 is 0 Å². The van der Waals surface area contributed by atoms with Gasteiger partial charge in [0.2, 0.25) is 0 Å². The van der Waals surface area contributed by atoms with E-state index in [1.54, 1.807) is 6.08 Å². The second-order valence-corrected chi connectivity index (χ2v) is 3.38. The molecular formula is C10H8BrN. The second kappa shape index (κ2) is 4.08. The van der Waals surface area contributed by atoms with E-state index >= 15 is 0 Å². The summed E-state index contributed by atoms with van der Waals surface area (Å²) in [6, 6.07) is 9.89. The van der Waals surface area contributed by atoms with Crippen molar-refractivity contribution in [3.63, 3.8) is 0 Å². The van der Waals surface area contributed by atoms with Crippen LogP contribution in [-0.2, 0) is 0 Å². The Balaban J connectivity index is 3.05. The van der Waals surface area contributed by atoms with Crippen LogP contribution in [0, 0.1) is 11.3 Å². The number of hydrogen-bond acceptors (Lipinski definition) is 1. The normalized spacial score (nSPS) is 10.9. The number of halogens is 1. The molecule has 0 amide bonds. The molecule has 1 nitrogen and oxygen atoms in total. The van der Waals surface area contributed by atoms with E-state index in [4.69, 9.17) is 5.26 Å². The fraction of sp³-hybridized carbons (Fsp3) is 0.100. The number of nitrogens with zero attached hydrogens (tertiary/aromatic N) is 1. The molecule has 0 saturated carbocycles. The molecule has 0 N–H and O–H groups in total. The van der Waals surface area contributed by atoms with E-state index in [0.717, 1.165) is 15.6 Å². The van der Waals surface area contributed by atoms with Gasteiger partial charge in [-0.15, -0.1) is 0 Å². The van der Waals surface area contributed by atoms with Crippen LogP contribution >= 0.6 is 15.9 Å². The molecule has 0 aliphatic rings. The zero-order valence-electron chi connectivity index (χ0n) is 6.71. The van der Waals surface area contributed by atoms with Crippen LogP contribution in [-0.4, -0.2) is 0 Å². The van der Waals surface area contributed by atoms with Crippen molar-refractivity contribution in [3.8, 4) is 6.07 Å². The fourth-order valence-corrected chi connectivity index (χ4v) is 1.31. The highest BCUT2D eigenvalue weighted by Gasteiger charge is 1.94. The average molecular weight is 222 g/mol. The zero-order chi connectivity index (χ0) is 8.97. The minimum atomic E-state index is 0.985. The first-order valence-corrected chi connectivity index (χ1v) is 4.35. The van der Waals surface area contributed by atoms with Crippen molar-refractivity contribution in [2.45, 2.75) is 6.92 Å². The van der Waals surface area contributed by atoms with Gasteiger partial charge in [-0.1, -0.05) is 28.1 Å². The first kappa shape index (κ1) is 9.02. The topological polar surface area (TPSA) is 23.8 Å². The van der Waals surface area contributed by atoms with Crippen molar-refractivity contribution in [2.24, 2.45) is 0 Å². The molecule has 0 atom stereocenters. The molecule has 0 fully saturated rings. The molecule has 0 aliphatic carbocycles. The quantitative estimate of drug-likeness (QED) is 0.668. The number of allylic oxidation sites excluding steroid dienone is 2. The van der Waals surface area contributed by atoms with Gasteiger partial charge < -0.3 is 0 Å². The average Bonchev–Trinajstić information content (AvgIpc) is 2.05. The lowest BCUT2D eigenvalue weighted by molar-refractivity contribution is 1.51. The molecule has 0 spiro atoms. The molecule has 1 aromatic carbocycles. The van der Waals surface area contributed by atoms with E-state index in [-0.39, 0.29) is 0 Å². The predicted octanol–water partition coefficient (Wildman–Crippen LogP) is 3.38. The van der Waals surface area contributed by atoms with Crippen molar-refractivity contribution in [1.29, 1.82) is 5.26 Å². The lowest BCUT2D eigenvalue weighted by Crippen LogP contribution is -1.77. The largest absolute Gasteiger partial charge is 0.193 e. The monoisotopic (exact) mass is 221 g/mol. The highest BCUT2D eigenvalue weighted by atomic mass is 79.9. The molecule has 0 unspecified atom stereocenters. The van der Waals surface area contributed by atoms with Gasteiger partial charge >= 0.3 is 0 Å². The van der Waals surface area contributed by atoms with Crippen LogP contribution in [0.25, 0.3) is 5.57 Å². The van der Waals surface area contributed by atoms with Crippen LogP contribution in [0.5, 0.6) is 0 Å². The van der Waals surface area contributed by atoms with E-state index in [9.17, 15) is 0 Å². The van der Waals surface area contributed by atoms with Gasteiger partial charge in [0.15, 0.2) is 0 Å². The van der Waals surface area contributed by atoms with Crippen LogP contribution in [0.2, 0.25) is 0 Å². The van der Waals surface area contributed by atoms with Crippen LogP contribution in [0.15, 0.2) is 34.8 Å². The predicted molar refractivity (Wildman–Crippen MR) is 53.4 cm³/mol. The summed E-state index contributed by atoms with van der Waals surface area (Å²) in [6.45, 7) is 1.92. The molecule has 12 heavy (non-hydrogen) atoms. The molecule has 2 heteroatoms. The number of hydrogen-bond donors (Lipinski definition) is 0. The van der Waals surface area contributed by atoms with E-state index in [0.29, 0.717) is 0 Å². The minimum Gasteiger partial charge on any atom is -0.193 e. The first-order chi connectivity index (χ1) is 5.74. The Morgan fingerprint density at radius 3 is 2.92 bits per heavy atom. The summed E-state index contributed by atoms with van der Waals surface area (Å²) in [7, 11) is 0. The number of nitriles is 1. The summed E-state index contributed by atoms with van der Waals surface area (Å²) in [5.74, 6) is 0. The van der Waals surface area contributed by atoms with Gasteiger partial charge in [-0.3, -0.25) is 0 Å². The van der Waals surface area contributed by atoms with Gasteiger partial charge in [0.05, 0.1) is 6.07 Å². The maximum Gasteiger partial charge on any atom is 0.0915 e. The SMILES string of the molecule is C/C(=C/C#N)c1cccc(Br)c1. The molecule has 0 aromatic heterocycles. The van der Waals surface area contributed by atoms with Gasteiger partial charge in [0.1, 0.15) is 0 Å². The Morgan fingerprint density at radius 1 is 1.58 bits per heavy atom. The van der Waals surface area contributed by atoms with Gasteiger partial charge in [-0.05, 0) is 30.2 Å². The molecule has 0 aliphatic heterocycles. The molecule has 0 heterocycles. The summed E-state index contributed by atoms with van der Waals surface area (Å²) >= 11 is 3.37. The Hall–Kier alpha value is -1.07. The van der Waals surface area contributed by atoms with Crippen molar-refractivity contribution in [1.82, 2.24) is 0 Å². The van der Waals surface area contributed by atoms with Gasteiger partial charge in [-0.2, -0.15) is 5.26 Å². The van der Waals surface area contributed by atoms with Crippen molar-refractivity contribution >= 4 is 21.5 Å². The fourth-order valence-electron chi connectivity index (χ4n) is 0.914. The van der Waals surface area contributed by atoms with Gasteiger partial charge in [-0.25, -0.2) is 0 Å². The molecule has 1 aromatic rings. The van der Waals surface area contributed by atoms with Crippen LogP contribution in [0.4, 0.5) is 0 Å². The third kappa shape index (κ3) is 2.21. The Kier molecular flexibility index (Phi) is 3.07. The number of benzene rings is 1. The standard InChI is InChI=1S/C10H8BrN/c1-8(5-6-12)9-3-2-4-10(11)7-9/h2-5,7H,1H3/b8-5-. The Labute approximate surface area is 80.5 Å². The summed E-state index contributed by atoms with van der Waals surface area (Å²) in [6.07, 6.45) is 1.54. The molecule has 0 bridgehead atoms. The van der Waals surface area contributed by atoms with Crippen LogP contribution in [0.3, 0.4) is 0 Å². The van der Waals surface area contributed by atoms with E-state index in [1.165, 1.54) is 0 Å². The lowest BCUT2D eigenvalue weighted by atomic mass is 10.1. The van der Waals surface area contributed by atoms with Crippen molar-refractivity contribution in [3.05, 3.63) is 40.4 Å². The van der Waals surface area contributed by atoms with E-state index < -0.39 is 0 Å². The summed E-state index contributed by atoms with van der Waals surface area (Å²) in [5.41, 5.74) is 2.06. The highest BCUT2D eigenvalue weighted by molar-refractivity contribution is 9.10. The molecule has 0 radical (unpaired) electrons. The summed E-state index contributed by atoms with van der Waals surface area (Å²) in [5, 5.41) is 8.43. The smallest absolute Gasteiger partial charge is 0.0915 e. The molecule has 60 valence electrons. The highest BCUT2D eigenvalue weighted by Crippen LogP contribution is 2.18. The van der Waals surface area contributed by atoms with Gasteiger partial charge in [0.25, 0.3) is 0 Å². The third-order valence-corrected chi connectivity index (χ3v) is 2.05. The van der Waals surface area contributed by atoms with E-state index in [1.807, 2.05) is 37.3 Å². The number of rotatable bonds is 1. The zero-order valence-corrected chi connectivity index (χ0v) is 8.30. The maximum absolute atomic E-state index is 8.43. The molecule has 1 rings (SSSR count). The van der Waals surface area contributed by atoms with Crippen molar-refractivity contribution < 1.29 is 0 Å². The maximum atomic E-state index is 8.43. The third-order valence-electron chi connectivity index (χ3n) is 1.56. The Bertz CT molecular complexity index is 347. The molecule has 0 saturated heterocycles. The van der Waals surface area contributed by atoms with Gasteiger partial charge in [0, 0.05) is 10.5 Å². The summed E-state index contributed by atoms with van der Waals surface area (Å²) < 4.78 is 1.03. The lowest BCUT2D eigenvalue weighted by Gasteiger charge is -1.98. The van der Waals surface area contributed by atoms with Crippen molar-refractivity contribution in [2.75, 3.05) is 0 Å². The second-order valence-electron chi connectivity index (χ2n) is 2.47.